The number of benzene rings is 2. The van der Waals surface area contributed by atoms with Gasteiger partial charge in [0.2, 0.25) is 5.95 Å². The fourth-order valence-corrected chi connectivity index (χ4v) is 2.82. The number of ether oxygens (including phenoxy) is 2. The lowest BCUT2D eigenvalue weighted by Crippen LogP contribution is -2.15. The number of anilines is 4. The third-order valence-electron chi connectivity index (χ3n) is 3.79. The van der Waals surface area contributed by atoms with Gasteiger partial charge in [-0.15, -0.1) is 0 Å². The molecule has 6 nitrogen and oxygen atoms in total. The van der Waals surface area contributed by atoms with E-state index in [-0.39, 0.29) is 0 Å². The van der Waals surface area contributed by atoms with E-state index in [9.17, 15) is 0 Å². The van der Waals surface area contributed by atoms with E-state index in [0.717, 1.165) is 22.8 Å². The molecular weight excluding hydrogens is 352 g/mol. The topological polar surface area (TPSA) is 68.3 Å². The summed E-state index contributed by atoms with van der Waals surface area (Å²) in [5.74, 6) is 2.60. The van der Waals surface area contributed by atoms with Crippen molar-refractivity contribution < 1.29 is 9.47 Å². The Labute approximate surface area is 156 Å². The first kappa shape index (κ1) is 16.5. The Balaban J connectivity index is 1.57. The van der Waals surface area contributed by atoms with Crippen LogP contribution >= 0.6 is 11.6 Å². The summed E-state index contributed by atoms with van der Waals surface area (Å²) in [6, 6.07) is 15.0. The lowest BCUT2D eigenvalue weighted by Gasteiger charge is -2.19. The zero-order valence-electron chi connectivity index (χ0n) is 14.1. The van der Waals surface area contributed by atoms with Crippen LogP contribution in [0, 0.1) is 6.92 Å². The molecule has 132 valence electrons. The zero-order valence-corrected chi connectivity index (χ0v) is 14.9. The van der Waals surface area contributed by atoms with Crippen molar-refractivity contribution in [2.45, 2.75) is 6.92 Å². The smallest absolute Gasteiger partial charge is 0.229 e. The van der Waals surface area contributed by atoms with Gasteiger partial charge in [-0.3, -0.25) is 0 Å². The van der Waals surface area contributed by atoms with Gasteiger partial charge >= 0.3 is 0 Å². The van der Waals surface area contributed by atoms with Crippen molar-refractivity contribution in [3.63, 3.8) is 0 Å². The van der Waals surface area contributed by atoms with Crippen LogP contribution in [0.1, 0.15) is 5.69 Å². The summed E-state index contributed by atoms with van der Waals surface area (Å²) < 4.78 is 11.1. The van der Waals surface area contributed by atoms with Crippen molar-refractivity contribution in [3.05, 3.63) is 59.2 Å². The normalized spacial score (nSPS) is 12.5. The van der Waals surface area contributed by atoms with Crippen LogP contribution in [0.5, 0.6) is 11.5 Å². The predicted molar refractivity (Wildman–Crippen MR) is 102 cm³/mol. The SMILES string of the molecule is Cc1cc(Nc2ccccc2Cl)nc(Nc2ccc3c(c2)OCCO3)n1. The van der Waals surface area contributed by atoms with E-state index in [1.54, 1.807) is 0 Å². The van der Waals surface area contributed by atoms with Crippen molar-refractivity contribution in [1.82, 2.24) is 9.97 Å². The standard InChI is InChI=1S/C19H17ClN4O2/c1-12-10-18(23-15-5-3-2-4-14(15)20)24-19(21-12)22-13-6-7-16-17(11-13)26-9-8-25-16/h2-7,10-11H,8-9H2,1H3,(H2,21,22,23,24). The molecule has 3 aromatic rings. The van der Waals surface area contributed by atoms with Crippen LogP contribution in [0.2, 0.25) is 5.02 Å². The van der Waals surface area contributed by atoms with E-state index in [2.05, 4.69) is 20.6 Å². The number of hydrogen-bond acceptors (Lipinski definition) is 6. The number of fused-ring (bicyclic) bond motifs is 1. The van der Waals surface area contributed by atoms with Crippen LogP contribution in [0.4, 0.5) is 23.1 Å². The number of hydrogen-bond donors (Lipinski definition) is 2. The molecule has 0 saturated heterocycles. The molecule has 0 bridgehead atoms. The molecule has 0 spiro atoms. The summed E-state index contributed by atoms with van der Waals surface area (Å²) in [7, 11) is 0. The highest BCUT2D eigenvalue weighted by Gasteiger charge is 2.12. The van der Waals surface area contributed by atoms with E-state index in [1.165, 1.54) is 0 Å². The molecule has 1 aromatic heterocycles. The molecular formula is C19H17ClN4O2. The lowest BCUT2D eigenvalue weighted by molar-refractivity contribution is 0.171. The fourth-order valence-electron chi connectivity index (χ4n) is 2.64. The zero-order chi connectivity index (χ0) is 17.9. The van der Waals surface area contributed by atoms with Gasteiger partial charge in [0, 0.05) is 23.5 Å². The minimum absolute atomic E-state index is 0.483. The summed E-state index contributed by atoms with van der Waals surface area (Å²) in [6.45, 7) is 3.02. The first-order chi connectivity index (χ1) is 12.7. The third kappa shape index (κ3) is 3.65. The van der Waals surface area contributed by atoms with Crippen LogP contribution in [0.3, 0.4) is 0 Å². The molecule has 0 fully saturated rings. The average Bonchev–Trinajstić information content (AvgIpc) is 2.63. The summed E-state index contributed by atoms with van der Waals surface area (Å²) >= 11 is 6.20. The summed E-state index contributed by atoms with van der Waals surface area (Å²) in [4.78, 5) is 8.95. The molecule has 0 amide bonds. The summed E-state index contributed by atoms with van der Waals surface area (Å²) in [5, 5.41) is 7.06. The van der Waals surface area contributed by atoms with Gasteiger partial charge in [-0.05, 0) is 31.2 Å². The first-order valence-electron chi connectivity index (χ1n) is 8.21. The predicted octanol–water partition coefficient (Wildman–Crippen LogP) is 4.70. The number of aromatic nitrogens is 2. The Morgan fingerprint density at radius 1 is 0.923 bits per heavy atom. The first-order valence-corrected chi connectivity index (χ1v) is 8.59. The second kappa shape index (κ2) is 7.09. The molecule has 1 aliphatic rings. The molecule has 26 heavy (non-hydrogen) atoms. The Morgan fingerprint density at radius 3 is 2.58 bits per heavy atom. The van der Waals surface area contributed by atoms with Crippen LogP contribution < -0.4 is 20.1 Å². The van der Waals surface area contributed by atoms with Crippen molar-refractivity contribution in [3.8, 4) is 11.5 Å². The van der Waals surface area contributed by atoms with Gasteiger partial charge in [0.15, 0.2) is 11.5 Å². The largest absolute Gasteiger partial charge is 0.486 e. The van der Waals surface area contributed by atoms with Crippen LogP contribution in [-0.2, 0) is 0 Å². The highest BCUT2D eigenvalue weighted by molar-refractivity contribution is 6.33. The molecule has 2 N–H and O–H groups in total. The number of nitrogens with zero attached hydrogens (tertiary/aromatic N) is 2. The average molecular weight is 369 g/mol. The third-order valence-corrected chi connectivity index (χ3v) is 4.12. The van der Waals surface area contributed by atoms with Gasteiger partial charge in [-0.25, -0.2) is 4.98 Å². The number of aryl methyl sites for hydroxylation is 1. The monoisotopic (exact) mass is 368 g/mol. The quantitative estimate of drug-likeness (QED) is 0.695. The van der Waals surface area contributed by atoms with Gasteiger partial charge in [0.05, 0.1) is 10.7 Å². The maximum atomic E-state index is 6.20. The molecule has 0 saturated carbocycles. The molecule has 7 heteroatoms. The molecule has 0 atom stereocenters. The molecule has 2 heterocycles. The van der Waals surface area contributed by atoms with Crippen LogP contribution in [0.25, 0.3) is 0 Å². The summed E-state index contributed by atoms with van der Waals surface area (Å²) in [6.07, 6.45) is 0. The minimum atomic E-state index is 0.483. The Hall–Kier alpha value is -2.99. The lowest BCUT2D eigenvalue weighted by atomic mass is 10.2. The second-order valence-corrected chi connectivity index (χ2v) is 6.21. The van der Waals surface area contributed by atoms with Gasteiger partial charge in [-0.1, -0.05) is 23.7 Å². The molecule has 0 aliphatic carbocycles. The molecule has 1 aliphatic heterocycles. The maximum Gasteiger partial charge on any atom is 0.229 e. The molecule has 0 unspecified atom stereocenters. The Morgan fingerprint density at radius 2 is 1.73 bits per heavy atom. The highest BCUT2D eigenvalue weighted by atomic mass is 35.5. The number of halogens is 1. The Kier molecular flexibility index (Phi) is 4.50. The number of rotatable bonds is 4. The summed E-state index contributed by atoms with van der Waals surface area (Å²) in [5.41, 5.74) is 2.44. The van der Waals surface area contributed by atoms with Crippen molar-refractivity contribution in [1.29, 1.82) is 0 Å². The number of para-hydroxylation sites is 1. The van der Waals surface area contributed by atoms with Crippen LogP contribution in [-0.4, -0.2) is 23.2 Å². The van der Waals surface area contributed by atoms with Gasteiger partial charge < -0.3 is 20.1 Å². The van der Waals surface area contributed by atoms with E-state index >= 15 is 0 Å². The maximum absolute atomic E-state index is 6.20. The van der Waals surface area contributed by atoms with E-state index in [4.69, 9.17) is 21.1 Å². The van der Waals surface area contributed by atoms with Crippen molar-refractivity contribution >= 4 is 34.7 Å². The second-order valence-electron chi connectivity index (χ2n) is 5.81. The highest BCUT2D eigenvalue weighted by Crippen LogP contribution is 2.33. The van der Waals surface area contributed by atoms with Gasteiger partial charge in [-0.2, -0.15) is 4.98 Å². The van der Waals surface area contributed by atoms with Gasteiger partial charge in [0.25, 0.3) is 0 Å². The van der Waals surface area contributed by atoms with E-state index in [1.807, 2.05) is 55.5 Å². The Bertz CT molecular complexity index is 949. The van der Waals surface area contributed by atoms with Crippen molar-refractivity contribution in [2.75, 3.05) is 23.8 Å². The van der Waals surface area contributed by atoms with E-state index < -0.39 is 0 Å². The molecule has 4 rings (SSSR count). The minimum Gasteiger partial charge on any atom is -0.486 e. The van der Waals surface area contributed by atoms with Crippen LogP contribution in [0.15, 0.2) is 48.5 Å². The molecule has 2 aromatic carbocycles. The molecule has 0 radical (unpaired) electrons. The number of nitrogens with one attached hydrogen (secondary N) is 2. The fraction of sp³-hybridized carbons (Fsp3) is 0.158. The van der Waals surface area contributed by atoms with Gasteiger partial charge in [0.1, 0.15) is 19.0 Å². The van der Waals surface area contributed by atoms with E-state index in [0.29, 0.717) is 35.8 Å². The van der Waals surface area contributed by atoms with Crippen molar-refractivity contribution in [2.24, 2.45) is 0 Å².